The number of rotatable bonds is 6. The third-order valence-corrected chi connectivity index (χ3v) is 5.13. The van der Waals surface area contributed by atoms with Gasteiger partial charge in [-0.25, -0.2) is 4.79 Å². The quantitative estimate of drug-likeness (QED) is 0.226. The van der Waals surface area contributed by atoms with E-state index < -0.39 is 53.4 Å². The summed E-state index contributed by atoms with van der Waals surface area (Å²) in [5.41, 5.74) is 0.713. The van der Waals surface area contributed by atoms with Crippen molar-refractivity contribution in [3.63, 3.8) is 0 Å². The molecule has 2 heterocycles. The Balaban J connectivity index is 1.39. The highest BCUT2D eigenvalue weighted by molar-refractivity contribution is 6.10. The summed E-state index contributed by atoms with van der Waals surface area (Å²) >= 11 is 0. The van der Waals surface area contributed by atoms with Gasteiger partial charge in [0.25, 0.3) is 17.5 Å². The fourth-order valence-corrected chi connectivity index (χ4v) is 3.48. The Bertz CT molecular complexity index is 1090. The van der Waals surface area contributed by atoms with Crippen LogP contribution in [0.2, 0.25) is 0 Å². The van der Waals surface area contributed by atoms with Crippen molar-refractivity contribution in [1.82, 2.24) is 10.2 Å². The lowest BCUT2D eigenvalue weighted by molar-refractivity contribution is -0.384. The number of hydrogen-bond acceptors (Lipinski definition) is 8. The number of benzene rings is 2. The predicted molar refractivity (Wildman–Crippen MR) is 106 cm³/mol. The number of fused-ring (bicyclic) bond motifs is 1. The zero-order valence-electron chi connectivity index (χ0n) is 16.5. The number of hydrogen-bond donors (Lipinski definition) is 1. The van der Waals surface area contributed by atoms with Crippen molar-refractivity contribution >= 4 is 29.3 Å². The summed E-state index contributed by atoms with van der Waals surface area (Å²) in [5.74, 6) is -2.70. The lowest BCUT2D eigenvalue weighted by Crippen LogP contribution is -2.78. The molecule has 164 valence electrons. The lowest BCUT2D eigenvalue weighted by Gasteiger charge is -2.51. The van der Waals surface area contributed by atoms with E-state index in [1.54, 1.807) is 30.3 Å². The van der Waals surface area contributed by atoms with Gasteiger partial charge in [0, 0.05) is 17.7 Å². The molecule has 4 rings (SSSR count). The van der Waals surface area contributed by atoms with Crippen LogP contribution in [-0.2, 0) is 30.5 Å². The molecule has 1 N–H and O–H groups in total. The number of ketones is 1. The number of esters is 1. The second-order valence-electron chi connectivity index (χ2n) is 7.16. The van der Waals surface area contributed by atoms with Crippen molar-refractivity contribution < 1.29 is 33.6 Å². The average molecular weight is 439 g/mol. The molecule has 0 radical (unpaired) electrons. The van der Waals surface area contributed by atoms with Crippen molar-refractivity contribution in [1.29, 1.82) is 0 Å². The number of nitrogens with one attached hydrogen (secondary N) is 1. The zero-order chi connectivity index (χ0) is 22.8. The number of carbonyl (C=O) groups excluding carboxylic acids is 4. The van der Waals surface area contributed by atoms with Crippen LogP contribution in [0.1, 0.15) is 15.9 Å². The van der Waals surface area contributed by atoms with Gasteiger partial charge in [0.2, 0.25) is 0 Å². The smallest absolute Gasteiger partial charge is 0.337 e. The van der Waals surface area contributed by atoms with Gasteiger partial charge in [-0.15, -0.1) is 0 Å². The summed E-state index contributed by atoms with van der Waals surface area (Å²) in [4.78, 5) is 60.9. The van der Waals surface area contributed by atoms with Gasteiger partial charge in [0.1, 0.15) is 13.2 Å². The predicted octanol–water partition coefficient (Wildman–Crippen LogP) is 0.573. The van der Waals surface area contributed by atoms with Crippen LogP contribution in [0.25, 0.3) is 0 Å². The second kappa shape index (κ2) is 8.55. The van der Waals surface area contributed by atoms with E-state index in [2.05, 4.69) is 5.32 Å². The number of Topliss-reactive ketones (excluding diaryl/α,β-unsaturated/α-hetero) is 1. The minimum absolute atomic E-state index is 0.114. The third kappa shape index (κ3) is 3.93. The molecule has 2 aromatic rings. The number of β-lactam (4-membered cyclic amide) rings is 1. The second-order valence-corrected chi connectivity index (χ2v) is 7.16. The number of non-ortho nitro benzene ring substituents is 1. The van der Waals surface area contributed by atoms with Gasteiger partial charge in [0.15, 0.2) is 24.1 Å². The molecule has 2 amide bonds. The maximum absolute atomic E-state index is 12.6. The molecule has 11 nitrogen and oxygen atoms in total. The Labute approximate surface area is 181 Å². The van der Waals surface area contributed by atoms with E-state index >= 15 is 0 Å². The summed E-state index contributed by atoms with van der Waals surface area (Å²) in [6, 6.07) is 11.1. The normalized spacial score (nSPS) is 21.9. The van der Waals surface area contributed by atoms with Crippen molar-refractivity contribution in [2.24, 2.45) is 0 Å². The molecule has 0 aromatic heterocycles. The fourth-order valence-electron chi connectivity index (χ4n) is 3.48. The summed E-state index contributed by atoms with van der Waals surface area (Å²) < 4.78 is 10.5. The van der Waals surface area contributed by atoms with E-state index in [1.165, 1.54) is 24.3 Å². The van der Waals surface area contributed by atoms with E-state index in [1.807, 2.05) is 0 Å². The molecule has 11 heteroatoms. The van der Waals surface area contributed by atoms with Crippen LogP contribution in [0.5, 0.6) is 0 Å². The van der Waals surface area contributed by atoms with Gasteiger partial charge >= 0.3 is 5.97 Å². The zero-order valence-corrected chi connectivity index (χ0v) is 16.5. The SMILES string of the molecule is O=C(N[C@H]1C(=O)N2C(C(=O)OCc3ccc([N+](=O)[O-])cc3)C(=O)CO[C@H]12)c1ccccc1. The Morgan fingerprint density at radius 3 is 2.47 bits per heavy atom. The molecule has 32 heavy (non-hydrogen) atoms. The van der Waals surface area contributed by atoms with Gasteiger partial charge in [-0.05, 0) is 29.8 Å². The molecule has 2 aliphatic rings. The highest BCUT2D eigenvalue weighted by Crippen LogP contribution is 2.29. The third-order valence-electron chi connectivity index (χ3n) is 5.13. The first-order chi connectivity index (χ1) is 15.4. The van der Waals surface area contributed by atoms with E-state index in [-0.39, 0.29) is 12.3 Å². The van der Waals surface area contributed by atoms with Gasteiger partial charge in [0.05, 0.1) is 4.92 Å². The minimum atomic E-state index is -1.48. The molecule has 2 saturated heterocycles. The number of nitro benzene ring substituents is 1. The molecule has 3 atom stereocenters. The number of nitro groups is 1. The van der Waals surface area contributed by atoms with E-state index in [0.29, 0.717) is 11.1 Å². The Morgan fingerprint density at radius 2 is 1.81 bits per heavy atom. The first-order valence-electron chi connectivity index (χ1n) is 9.59. The van der Waals surface area contributed by atoms with Crippen molar-refractivity contribution in [2.75, 3.05) is 6.61 Å². The van der Waals surface area contributed by atoms with Crippen LogP contribution in [0.3, 0.4) is 0 Å². The number of ether oxygens (including phenoxy) is 2. The average Bonchev–Trinajstić information content (AvgIpc) is 2.81. The van der Waals surface area contributed by atoms with Crippen molar-refractivity contribution in [2.45, 2.75) is 24.9 Å². The lowest BCUT2D eigenvalue weighted by atomic mass is 9.96. The molecular formula is C21H17N3O8. The molecule has 2 aromatic carbocycles. The van der Waals surface area contributed by atoms with E-state index in [0.717, 1.165) is 4.90 Å². The summed E-state index contributed by atoms with van der Waals surface area (Å²) in [7, 11) is 0. The molecular weight excluding hydrogens is 422 g/mol. The van der Waals surface area contributed by atoms with E-state index in [9.17, 15) is 29.3 Å². The topological polar surface area (TPSA) is 145 Å². The summed E-state index contributed by atoms with van der Waals surface area (Å²) in [5, 5.41) is 13.3. The van der Waals surface area contributed by atoms with Crippen LogP contribution in [-0.4, -0.2) is 58.3 Å². The fraction of sp³-hybridized carbons (Fsp3) is 0.238. The minimum Gasteiger partial charge on any atom is -0.459 e. The Morgan fingerprint density at radius 1 is 1.12 bits per heavy atom. The van der Waals surface area contributed by atoms with E-state index in [4.69, 9.17) is 9.47 Å². The molecule has 0 saturated carbocycles. The number of nitrogens with zero attached hydrogens (tertiary/aromatic N) is 2. The molecule has 0 bridgehead atoms. The maximum Gasteiger partial charge on any atom is 0.337 e. The highest BCUT2D eigenvalue weighted by atomic mass is 16.6. The van der Waals surface area contributed by atoms with Gasteiger partial charge in [-0.1, -0.05) is 18.2 Å². The summed E-state index contributed by atoms with van der Waals surface area (Å²) in [6.07, 6.45) is -0.968. The Kier molecular flexibility index (Phi) is 5.65. The molecule has 0 aliphatic carbocycles. The first kappa shape index (κ1) is 21.1. The summed E-state index contributed by atoms with van der Waals surface area (Å²) in [6.45, 7) is -0.647. The molecule has 0 spiro atoms. The number of carbonyl (C=O) groups is 4. The molecule has 2 aliphatic heterocycles. The monoisotopic (exact) mass is 439 g/mol. The van der Waals surface area contributed by atoms with Gasteiger partial charge in [-0.3, -0.25) is 29.4 Å². The van der Waals surface area contributed by atoms with Crippen LogP contribution in [0.15, 0.2) is 54.6 Å². The number of amides is 2. The highest BCUT2D eigenvalue weighted by Gasteiger charge is 2.59. The van der Waals surface area contributed by atoms with Crippen LogP contribution in [0, 0.1) is 10.1 Å². The van der Waals surface area contributed by atoms with Crippen LogP contribution < -0.4 is 5.32 Å². The van der Waals surface area contributed by atoms with Gasteiger partial charge in [-0.2, -0.15) is 0 Å². The van der Waals surface area contributed by atoms with Gasteiger partial charge < -0.3 is 14.8 Å². The largest absolute Gasteiger partial charge is 0.459 e. The van der Waals surface area contributed by atoms with Crippen molar-refractivity contribution in [3.8, 4) is 0 Å². The maximum atomic E-state index is 12.6. The standard InChI is InChI=1S/C21H17N3O8/c25-15-11-31-20-16(22-18(26)13-4-2-1-3-5-13)19(27)23(20)17(15)21(28)32-10-12-6-8-14(9-7-12)24(29)30/h1-9,16-17,20H,10-11H2,(H,22,26)/t16-,17?,20+/m0/s1. The van der Waals surface area contributed by atoms with Crippen LogP contribution in [0.4, 0.5) is 5.69 Å². The molecule has 2 fully saturated rings. The van der Waals surface area contributed by atoms with Crippen LogP contribution >= 0.6 is 0 Å². The van der Waals surface area contributed by atoms with Crippen molar-refractivity contribution in [3.05, 3.63) is 75.8 Å². The Hall–Kier alpha value is -4.12. The first-order valence-corrected chi connectivity index (χ1v) is 9.59. The molecule has 1 unspecified atom stereocenters.